The summed E-state index contributed by atoms with van der Waals surface area (Å²) in [5.74, 6) is -0.797. The molecule has 0 aliphatic carbocycles. The summed E-state index contributed by atoms with van der Waals surface area (Å²) in [7, 11) is 1.48. The number of phosphoric acid groups is 1. The molecule has 0 rings (SSSR count). The van der Waals surface area contributed by atoms with Crippen LogP contribution in [0.3, 0.4) is 0 Å². The molecule has 0 saturated carbocycles. The first-order valence-corrected chi connectivity index (χ1v) is 25.6. The molecule has 0 aliphatic heterocycles. The lowest BCUT2D eigenvalue weighted by Gasteiger charge is -2.24. The second kappa shape index (κ2) is 40.9. The fourth-order valence-corrected chi connectivity index (χ4v) is 7.43. The van der Waals surface area contributed by atoms with Crippen LogP contribution in [0.5, 0.6) is 0 Å². The molecule has 2 atom stereocenters. The van der Waals surface area contributed by atoms with Crippen LogP contribution < -0.4 is 0 Å². The van der Waals surface area contributed by atoms with Crippen LogP contribution in [0.4, 0.5) is 0 Å². The number of likely N-dealkylation sites (N-methyl/N-ethyl adjacent to an activating group) is 1. The molecule has 0 aromatic carbocycles. The third-order valence-corrected chi connectivity index (χ3v) is 11.5. The van der Waals surface area contributed by atoms with E-state index < -0.39 is 26.5 Å². The predicted octanol–water partition coefficient (Wildman–Crippen LogP) is 13.9. The number of phosphoric ester groups is 1. The summed E-state index contributed by atoms with van der Waals surface area (Å²) in [6.45, 7) is 4.42. The highest BCUT2D eigenvalue weighted by atomic mass is 31.2. The first-order valence-electron chi connectivity index (χ1n) is 24.1. The van der Waals surface area contributed by atoms with Gasteiger partial charge in [0.2, 0.25) is 0 Å². The number of hydrogen-bond donors (Lipinski definition) is 1. The third kappa shape index (κ3) is 44.1. The fraction of sp³-hybridized carbons (Fsp3) is 0.875. The van der Waals surface area contributed by atoms with Gasteiger partial charge in [0.15, 0.2) is 6.10 Å². The molecule has 0 spiro atoms. The van der Waals surface area contributed by atoms with Crippen molar-refractivity contribution in [3.05, 3.63) is 24.3 Å². The number of hydrogen-bond acceptors (Lipinski definition) is 7. The molecular weight excluding hydrogens is 750 g/mol. The van der Waals surface area contributed by atoms with E-state index in [1.807, 2.05) is 21.1 Å². The van der Waals surface area contributed by atoms with Gasteiger partial charge in [0.05, 0.1) is 27.7 Å². The normalized spacial score (nSPS) is 13.7. The molecule has 0 aliphatic rings. The van der Waals surface area contributed by atoms with Crippen molar-refractivity contribution in [3.8, 4) is 0 Å². The Labute approximate surface area is 358 Å². The summed E-state index contributed by atoms with van der Waals surface area (Å²) in [5.41, 5.74) is 0. The van der Waals surface area contributed by atoms with Crippen LogP contribution in [0.1, 0.15) is 219 Å². The van der Waals surface area contributed by atoms with Gasteiger partial charge in [-0.05, 0) is 44.9 Å². The zero-order chi connectivity index (χ0) is 42.8. The van der Waals surface area contributed by atoms with Crippen molar-refractivity contribution in [1.29, 1.82) is 0 Å². The number of quaternary nitrogens is 1. The zero-order valence-electron chi connectivity index (χ0n) is 38.5. The number of esters is 2. The molecule has 1 N–H and O–H groups in total. The molecule has 0 aromatic rings. The molecule has 0 saturated heterocycles. The Morgan fingerprint density at radius 3 is 1.40 bits per heavy atom. The van der Waals surface area contributed by atoms with Gasteiger partial charge >= 0.3 is 19.8 Å². The molecule has 0 amide bonds. The van der Waals surface area contributed by atoms with E-state index in [0.29, 0.717) is 17.4 Å². The fourth-order valence-electron chi connectivity index (χ4n) is 6.69. The Kier molecular flexibility index (Phi) is 39.8. The minimum atomic E-state index is -4.37. The lowest BCUT2D eigenvalue weighted by atomic mass is 10.0. The Hall–Kier alpha value is -1.51. The van der Waals surface area contributed by atoms with Gasteiger partial charge < -0.3 is 18.9 Å². The Morgan fingerprint density at radius 2 is 0.931 bits per heavy atom. The first kappa shape index (κ1) is 56.5. The number of allylic oxidation sites excluding steroid dienone is 4. The molecule has 342 valence electrons. The van der Waals surface area contributed by atoms with E-state index in [2.05, 4.69) is 38.2 Å². The summed E-state index contributed by atoms with van der Waals surface area (Å²) in [5, 5.41) is 0. The molecular formula is C48H93NO8P+. The van der Waals surface area contributed by atoms with E-state index in [1.165, 1.54) is 135 Å². The van der Waals surface area contributed by atoms with Crippen LogP contribution in [0, 0.1) is 0 Å². The number of carbonyl (C=O) groups excluding carboxylic acids is 2. The van der Waals surface area contributed by atoms with Crippen molar-refractivity contribution in [2.45, 2.75) is 225 Å². The van der Waals surface area contributed by atoms with Crippen molar-refractivity contribution in [3.63, 3.8) is 0 Å². The average Bonchev–Trinajstić information content (AvgIpc) is 3.17. The van der Waals surface area contributed by atoms with E-state index in [4.69, 9.17) is 18.5 Å². The van der Waals surface area contributed by atoms with Crippen molar-refractivity contribution in [2.24, 2.45) is 0 Å². The second-order valence-corrected chi connectivity index (χ2v) is 19.0. The minimum Gasteiger partial charge on any atom is -0.462 e. The molecule has 0 heterocycles. The largest absolute Gasteiger partial charge is 0.472 e. The van der Waals surface area contributed by atoms with Crippen LogP contribution >= 0.6 is 7.82 Å². The Balaban J connectivity index is 4.29. The summed E-state index contributed by atoms with van der Waals surface area (Å²) >= 11 is 0. The van der Waals surface area contributed by atoms with E-state index in [1.54, 1.807) is 0 Å². The second-order valence-electron chi connectivity index (χ2n) is 17.5. The van der Waals surface area contributed by atoms with Crippen LogP contribution in [-0.2, 0) is 32.7 Å². The number of carbonyl (C=O) groups is 2. The van der Waals surface area contributed by atoms with Gasteiger partial charge in [-0.2, -0.15) is 0 Å². The molecule has 9 nitrogen and oxygen atoms in total. The molecule has 10 heteroatoms. The first-order chi connectivity index (χ1) is 28.0. The maximum absolute atomic E-state index is 12.7. The monoisotopic (exact) mass is 843 g/mol. The van der Waals surface area contributed by atoms with Crippen LogP contribution in [0.25, 0.3) is 0 Å². The van der Waals surface area contributed by atoms with Gasteiger partial charge in [-0.25, -0.2) is 4.57 Å². The van der Waals surface area contributed by atoms with E-state index in [-0.39, 0.29) is 32.0 Å². The highest BCUT2D eigenvalue weighted by molar-refractivity contribution is 7.47. The molecule has 0 bridgehead atoms. The summed E-state index contributed by atoms with van der Waals surface area (Å²) < 4.78 is 34.4. The Morgan fingerprint density at radius 1 is 0.534 bits per heavy atom. The smallest absolute Gasteiger partial charge is 0.462 e. The van der Waals surface area contributed by atoms with E-state index in [9.17, 15) is 19.0 Å². The predicted molar refractivity (Wildman–Crippen MR) is 243 cm³/mol. The van der Waals surface area contributed by atoms with E-state index >= 15 is 0 Å². The number of rotatable bonds is 44. The van der Waals surface area contributed by atoms with E-state index in [0.717, 1.165) is 51.4 Å². The van der Waals surface area contributed by atoms with Crippen molar-refractivity contribution in [2.75, 3.05) is 47.5 Å². The summed E-state index contributed by atoms with van der Waals surface area (Å²) in [4.78, 5) is 35.5. The molecule has 0 radical (unpaired) electrons. The molecule has 0 fully saturated rings. The molecule has 0 aromatic heterocycles. The highest BCUT2D eigenvalue weighted by Gasteiger charge is 2.27. The van der Waals surface area contributed by atoms with Gasteiger partial charge in [0.25, 0.3) is 0 Å². The summed E-state index contributed by atoms with van der Waals surface area (Å²) in [6, 6.07) is 0. The highest BCUT2D eigenvalue weighted by Crippen LogP contribution is 2.43. The lowest BCUT2D eigenvalue weighted by Crippen LogP contribution is -2.37. The number of ether oxygens (including phenoxy) is 2. The van der Waals surface area contributed by atoms with Gasteiger partial charge in [0, 0.05) is 12.8 Å². The van der Waals surface area contributed by atoms with Crippen molar-refractivity contribution in [1.82, 2.24) is 0 Å². The zero-order valence-corrected chi connectivity index (χ0v) is 39.4. The van der Waals surface area contributed by atoms with Crippen molar-refractivity contribution < 1.29 is 42.1 Å². The van der Waals surface area contributed by atoms with Crippen LogP contribution in [0.15, 0.2) is 24.3 Å². The third-order valence-electron chi connectivity index (χ3n) is 10.5. The maximum atomic E-state index is 12.7. The topological polar surface area (TPSA) is 108 Å². The molecule has 1 unspecified atom stereocenters. The van der Waals surface area contributed by atoms with Gasteiger partial charge in [-0.15, -0.1) is 0 Å². The quantitative estimate of drug-likeness (QED) is 0.0212. The number of nitrogens with zero attached hydrogens (tertiary/aromatic N) is 1. The van der Waals surface area contributed by atoms with Gasteiger partial charge in [0.1, 0.15) is 19.8 Å². The average molecular weight is 843 g/mol. The van der Waals surface area contributed by atoms with Crippen LogP contribution in [0.2, 0.25) is 0 Å². The standard InChI is InChI=1S/C48H92NO8P/c1-6-8-10-12-14-16-18-20-22-24-26-28-30-32-34-36-38-40-47(50)54-44-46(45-56-58(52,53)55-43-42-49(3,4)5)57-48(51)41-39-37-35-33-31-29-27-25-23-21-19-17-15-13-11-9-7-2/h14,16,20,22,46H,6-13,15,17-19,21,23-45H2,1-5H3/p+1/b16-14-,22-20-/t46-/m1/s1. The van der Waals surface area contributed by atoms with Gasteiger partial charge in [-0.3, -0.25) is 18.6 Å². The number of unbranched alkanes of at least 4 members (excludes halogenated alkanes) is 26. The van der Waals surface area contributed by atoms with Crippen LogP contribution in [-0.4, -0.2) is 74.9 Å². The minimum absolute atomic E-state index is 0.0325. The molecule has 58 heavy (non-hydrogen) atoms. The van der Waals surface area contributed by atoms with Gasteiger partial charge in [-0.1, -0.05) is 186 Å². The SMILES string of the molecule is CCCCC/C=C\C/C=C\CCCCCCCCCC(=O)OC[C@H](COP(=O)(O)OCC[N+](C)(C)C)OC(=O)CCCCCCCCCCCCCCCCCCC. The van der Waals surface area contributed by atoms with Crippen molar-refractivity contribution >= 4 is 19.8 Å². The summed E-state index contributed by atoms with van der Waals surface area (Å²) in [6.07, 6.45) is 45.0. The lowest BCUT2D eigenvalue weighted by molar-refractivity contribution is -0.870. The Bertz CT molecular complexity index is 1040. The maximum Gasteiger partial charge on any atom is 0.472 e.